The molecule has 1 aliphatic rings. The number of hydrogen-bond donors (Lipinski definition) is 2. The molecular weight excluding hydrogens is 244 g/mol. The van der Waals surface area contributed by atoms with Gasteiger partial charge >= 0.3 is 5.97 Å². The molecule has 5 nitrogen and oxygen atoms in total. The molecule has 0 aliphatic carbocycles. The van der Waals surface area contributed by atoms with E-state index >= 15 is 0 Å². The van der Waals surface area contributed by atoms with Gasteiger partial charge in [0, 0.05) is 13.7 Å². The Morgan fingerprint density at radius 1 is 1.58 bits per heavy atom. The van der Waals surface area contributed by atoms with E-state index in [1.54, 1.807) is 14.2 Å². The summed E-state index contributed by atoms with van der Waals surface area (Å²) in [5.74, 6) is -0.0964. The van der Waals surface area contributed by atoms with Crippen molar-refractivity contribution in [2.45, 2.75) is 38.1 Å². The Hall–Kier alpha value is -0.650. The Morgan fingerprint density at radius 2 is 2.32 bits per heavy atom. The third-order valence-electron chi connectivity index (χ3n) is 4.34. The summed E-state index contributed by atoms with van der Waals surface area (Å²) < 4.78 is 5.18. The first-order chi connectivity index (χ1) is 9.07. The second-order valence-electron chi connectivity index (χ2n) is 5.51. The number of aliphatic carboxylic acids is 1. The molecule has 0 aromatic rings. The summed E-state index contributed by atoms with van der Waals surface area (Å²) in [6.45, 7) is 5.94. The minimum absolute atomic E-state index is 0.616. The quantitative estimate of drug-likeness (QED) is 0.660. The molecule has 1 fully saturated rings. The predicted octanol–water partition coefficient (Wildman–Crippen LogP) is 1.19. The topological polar surface area (TPSA) is 61.8 Å². The van der Waals surface area contributed by atoms with Gasteiger partial charge in [-0.15, -0.1) is 0 Å². The number of likely N-dealkylation sites (N-methyl/N-ethyl adjacent to an activating group) is 1. The second kappa shape index (κ2) is 7.82. The maximum Gasteiger partial charge on any atom is 0.323 e. The van der Waals surface area contributed by atoms with Gasteiger partial charge in [0.1, 0.15) is 5.54 Å². The molecule has 0 amide bonds. The number of ether oxygens (including phenoxy) is 1. The summed E-state index contributed by atoms with van der Waals surface area (Å²) in [7, 11) is 3.49. The number of methoxy groups -OCH3 is 1. The van der Waals surface area contributed by atoms with Crippen molar-refractivity contribution in [3.05, 3.63) is 0 Å². The van der Waals surface area contributed by atoms with E-state index < -0.39 is 11.5 Å². The Morgan fingerprint density at radius 3 is 2.84 bits per heavy atom. The van der Waals surface area contributed by atoms with Gasteiger partial charge in [-0.3, -0.25) is 4.79 Å². The average molecular weight is 272 g/mol. The molecule has 2 atom stereocenters. The van der Waals surface area contributed by atoms with Gasteiger partial charge in [0.25, 0.3) is 0 Å². The van der Waals surface area contributed by atoms with E-state index in [1.807, 2.05) is 6.92 Å². The fraction of sp³-hybridized carbons (Fsp3) is 0.929. The number of carboxylic acid groups (broad SMARTS) is 1. The lowest BCUT2D eigenvalue weighted by Gasteiger charge is -2.28. The summed E-state index contributed by atoms with van der Waals surface area (Å²) in [5.41, 5.74) is -0.758. The Labute approximate surface area is 116 Å². The maximum atomic E-state index is 11.4. The Bertz CT molecular complexity index is 280. The Balaban J connectivity index is 2.31. The lowest BCUT2D eigenvalue weighted by molar-refractivity contribution is -0.145. The molecule has 1 heterocycles. The van der Waals surface area contributed by atoms with Crippen LogP contribution in [-0.4, -0.2) is 61.9 Å². The van der Waals surface area contributed by atoms with Gasteiger partial charge in [-0.2, -0.15) is 0 Å². The number of carbonyl (C=O) groups is 1. The molecule has 5 heteroatoms. The van der Waals surface area contributed by atoms with Crippen molar-refractivity contribution in [1.29, 1.82) is 0 Å². The first-order valence-electron chi connectivity index (χ1n) is 7.21. The summed E-state index contributed by atoms with van der Waals surface area (Å²) >= 11 is 0. The number of rotatable bonds is 9. The SMILES string of the molecule is CCC(CCCN1CCC(COC)C1)(NC)C(=O)O. The van der Waals surface area contributed by atoms with E-state index in [1.165, 1.54) is 6.42 Å². The van der Waals surface area contributed by atoms with Crippen molar-refractivity contribution in [1.82, 2.24) is 10.2 Å². The van der Waals surface area contributed by atoms with Gasteiger partial charge in [0.15, 0.2) is 0 Å². The second-order valence-corrected chi connectivity index (χ2v) is 5.51. The van der Waals surface area contributed by atoms with Crippen LogP contribution in [0, 0.1) is 5.92 Å². The average Bonchev–Trinajstić information content (AvgIpc) is 2.83. The Kier molecular flexibility index (Phi) is 6.75. The molecule has 2 N–H and O–H groups in total. The molecule has 1 saturated heterocycles. The van der Waals surface area contributed by atoms with Gasteiger partial charge in [0.05, 0.1) is 6.61 Å². The minimum Gasteiger partial charge on any atom is -0.480 e. The van der Waals surface area contributed by atoms with Gasteiger partial charge in [0.2, 0.25) is 0 Å². The first-order valence-corrected chi connectivity index (χ1v) is 7.21. The van der Waals surface area contributed by atoms with Crippen LogP contribution in [0.2, 0.25) is 0 Å². The lowest BCUT2D eigenvalue weighted by atomic mass is 9.90. The molecule has 0 bridgehead atoms. The summed E-state index contributed by atoms with van der Waals surface area (Å²) in [5, 5.41) is 12.3. The zero-order valence-electron chi connectivity index (χ0n) is 12.4. The van der Waals surface area contributed by atoms with Gasteiger partial charge < -0.3 is 20.1 Å². The third kappa shape index (κ3) is 4.44. The molecule has 1 aliphatic heterocycles. The predicted molar refractivity (Wildman–Crippen MR) is 75.4 cm³/mol. The third-order valence-corrected chi connectivity index (χ3v) is 4.34. The smallest absolute Gasteiger partial charge is 0.323 e. The molecule has 0 radical (unpaired) electrons. The van der Waals surface area contributed by atoms with Crippen LogP contribution >= 0.6 is 0 Å². The van der Waals surface area contributed by atoms with Crippen molar-refractivity contribution in [2.75, 3.05) is 40.4 Å². The molecule has 1 rings (SSSR count). The molecule has 0 aromatic heterocycles. The minimum atomic E-state index is -0.758. The van der Waals surface area contributed by atoms with Gasteiger partial charge in [-0.25, -0.2) is 0 Å². The fourth-order valence-electron chi connectivity index (χ4n) is 2.94. The lowest BCUT2D eigenvalue weighted by Crippen LogP contribution is -2.50. The van der Waals surface area contributed by atoms with E-state index in [9.17, 15) is 9.90 Å². The first kappa shape index (κ1) is 16.4. The van der Waals surface area contributed by atoms with Crippen LogP contribution in [0.1, 0.15) is 32.6 Å². The van der Waals surface area contributed by atoms with Crippen LogP contribution in [0.3, 0.4) is 0 Å². The highest BCUT2D eigenvalue weighted by Gasteiger charge is 2.34. The number of nitrogens with zero attached hydrogens (tertiary/aromatic N) is 1. The molecule has 112 valence electrons. The van der Waals surface area contributed by atoms with Crippen LogP contribution in [0.25, 0.3) is 0 Å². The van der Waals surface area contributed by atoms with Crippen LogP contribution in [-0.2, 0) is 9.53 Å². The van der Waals surface area contributed by atoms with Crippen LogP contribution < -0.4 is 5.32 Å². The van der Waals surface area contributed by atoms with Gasteiger partial charge in [-0.1, -0.05) is 6.92 Å². The van der Waals surface area contributed by atoms with Crippen molar-refractivity contribution in [3.8, 4) is 0 Å². The monoisotopic (exact) mass is 272 g/mol. The molecule has 0 aromatic carbocycles. The van der Waals surface area contributed by atoms with Crippen LogP contribution in [0.4, 0.5) is 0 Å². The van der Waals surface area contributed by atoms with E-state index in [4.69, 9.17) is 4.74 Å². The maximum absolute atomic E-state index is 11.4. The fourth-order valence-corrected chi connectivity index (χ4v) is 2.94. The number of hydrogen-bond acceptors (Lipinski definition) is 4. The van der Waals surface area contributed by atoms with Crippen LogP contribution in [0.15, 0.2) is 0 Å². The van der Waals surface area contributed by atoms with Crippen molar-refractivity contribution in [3.63, 3.8) is 0 Å². The largest absolute Gasteiger partial charge is 0.480 e. The van der Waals surface area contributed by atoms with Crippen LogP contribution in [0.5, 0.6) is 0 Å². The summed E-state index contributed by atoms with van der Waals surface area (Å²) in [6.07, 6.45) is 3.41. The number of nitrogens with one attached hydrogen (secondary N) is 1. The molecule has 2 unspecified atom stereocenters. The number of carboxylic acids is 1. The highest BCUT2D eigenvalue weighted by atomic mass is 16.5. The molecule has 0 saturated carbocycles. The zero-order valence-corrected chi connectivity index (χ0v) is 12.4. The summed E-state index contributed by atoms with van der Waals surface area (Å²) in [6, 6.07) is 0. The molecule has 19 heavy (non-hydrogen) atoms. The van der Waals surface area contributed by atoms with Crippen molar-refractivity contribution >= 4 is 5.97 Å². The summed E-state index contributed by atoms with van der Waals surface area (Å²) in [4.78, 5) is 13.8. The van der Waals surface area contributed by atoms with Crippen molar-refractivity contribution in [2.24, 2.45) is 5.92 Å². The highest BCUT2D eigenvalue weighted by Crippen LogP contribution is 2.20. The highest BCUT2D eigenvalue weighted by molar-refractivity contribution is 5.78. The van der Waals surface area contributed by atoms with E-state index in [0.29, 0.717) is 18.8 Å². The van der Waals surface area contributed by atoms with Crippen molar-refractivity contribution < 1.29 is 14.6 Å². The normalized spacial score (nSPS) is 23.4. The standard InChI is InChI=1S/C14H28N2O3/c1-4-14(15-2,13(17)18)7-5-8-16-9-6-12(10-16)11-19-3/h12,15H,4-11H2,1-3H3,(H,17,18). The number of likely N-dealkylation sites (tertiary alicyclic amines) is 1. The van der Waals surface area contributed by atoms with E-state index in [2.05, 4.69) is 10.2 Å². The molecule has 0 spiro atoms. The zero-order chi connectivity index (χ0) is 14.3. The van der Waals surface area contributed by atoms with E-state index in [-0.39, 0.29) is 0 Å². The van der Waals surface area contributed by atoms with E-state index in [0.717, 1.165) is 32.7 Å². The van der Waals surface area contributed by atoms with Gasteiger partial charge in [-0.05, 0) is 51.7 Å². The molecular formula is C14H28N2O3.